The van der Waals surface area contributed by atoms with Gasteiger partial charge in [0.25, 0.3) is 0 Å². The number of nitrogens with one attached hydrogen (secondary N) is 1. The number of hydrogen-bond donors (Lipinski definition) is 2. The number of amides is 2. The molecule has 0 aromatic carbocycles. The number of carbonyl (C=O) groups is 3. The van der Waals surface area contributed by atoms with Crippen molar-refractivity contribution < 1.29 is 19.1 Å². The highest BCUT2D eigenvalue weighted by Gasteiger charge is 2.13. The van der Waals surface area contributed by atoms with E-state index in [9.17, 15) is 14.4 Å². The van der Waals surface area contributed by atoms with Gasteiger partial charge in [0.2, 0.25) is 5.91 Å². The van der Waals surface area contributed by atoms with E-state index >= 15 is 0 Å². The fraction of sp³-hybridized carbons (Fsp3) is 0.571. The van der Waals surface area contributed by atoms with Gasteiger partial charge in [0.15, 0.2) is 0 Å². The second kappa shape index (κ2) is 5.99. The van der Waals surface area contributed by atoms with Crippen molar-refractivity contribution in [2.75, 3.05) is 13.2 Å². The molecule has 0 fully saturated rings. The minimum atomic E-state index is -0.952. The first-order valence-corrected chi connectivity index (χ1v) is 3.81. The van der Waals surface area contributed by atoms with Gasteiger partial charge in [0.05, 0.1) is 6.61 Å². The summed E-state index contributed by atoms with van der Waals surface area (Å²) in [5.41, 5.74) is 4.81. The molecule has 0 heterocycles. The third-order valence-electron chi connectivity index (χ3n) is 1.12. The van der Waals surface area contributed by atoms with Crippen LogP contribution in [-0.2, 0) is 19.1 Å². The van der Waals surface area contributed by atoms with E-state index in [0.717, 1.165) is 0 Å². The Bertz CT molecular complexity index is 215. The maximum Gasteiger partial charge on any atom is 0.396 e. The molecule has 0 bridgehead atoms. The lowest BCUT2D eigenvalue weighted by Gasteiger charge is -2.02. The zero-order chi connectivity index (χ0) is 10.3. The van der Waals surface area contributed by atoms with Crippen molar-refractivity contribution in [3.63, 3.8) is 0 Å². The summed E-state index contributed by atoms with van der Waals surface area (Å²) < 4.78 is 4.39. The van der Waals surface area contributed by atoms with Crippen LogP contribution in [0.25, 0.3) is 0 Å². The molecule has 0 saturated heterocycles. The Labute approximate surface area is 75.4 Å². The third kappa shape index (κ3) is 5.66. The van der Waals surface area contributed by atoms with Gasteiger partial charge >= 0.3 is 11.9 Å². The lowest BCUT2D eigenvalue weighted by molar-refractivity contribution is -0.154. The van der Waals surface area contributed by atoms with Crippen LogP contribution in [0.1, 0.15) is 13.3 Å². The zero-order valence-corrected chi connectivity index (χ0v) is 7.33. The first-order valence-electron chi connectivity index (χ1n) is 3.81. The van der Waals surface area contributed by atoms with E-state index in [4.69, 9.17) is 5.73 Å². The Morgan fingerprint density at radius 1 is 1.38 bits per heavy atom. The summed E-state index contributed by atoms with van der Waals surface area (Å²) in [6.07, 6.45) is 0.00510. The molecular formula is C7H12N2O4. The van der Waals surface area contributed by atoms with Gasteiger partial charge in [-0.15, -0.1) is 0 Å². The van der Waals surface area contributed by atoms with Crippen molar-refractivity contribution in [2.24, 2.45) is 5.73 Å². The molecule has 0 aromatic rings. The van der Waals surface area contributed by atoms with E-state index in [2.05, 4.69) is 10.1 Å². The Kier molecular flexibility index (Phi) is 5.25. The standard InChI is InChI=1S/C7H12N2O4/c1-2-13-7(12)6(11)9-4-3-5(8)10/h2-4H2,1H3,(H2,8,10)(H,9,11). The van der Waals surface area contributed by atoms with Crippen LogP contribution in [0.3, 0.4) is 0 Å². The molecule has 74 valence electrons. The largest absolute Gasteiger partial charge is 0.459 e. The third-order valence-corrected chi connectivity index (χ3v) is 1.12. The molecule has 6 heteroatoms. The van der Waals surface area contributed by atoms with Gasteiger partial charge in [-0.3, -0.25) is 9.59 Å². The second-order valence-electron chi connectivity index (χ2n) is 2.19. The van der Waals surface area contributed by atoms with Gasteiger partial charge in [-0.25, -0.2) is 4.79 Å². The average Bonchev–Trinajstić information content (AvgIpc) is 2.04. The molecule has 3 N–H and O–H groups in total. The summed E-state index contributed by atoms with van der Waals surface area (Å²) in [6, 6.07) is 0. The Hall–Kier alpha value is -1.59. The fourth-order valence-electron chi connectivity index (χ4n) is 0.568. The smallest absolute Gasteiger partial charge is 0.396 e. The molecule has 0 atom stereocenters. The average molecular weight is 188 g/mol. The first kappa shape index (κ1) is 11.4. The molecule has 0 unspecified atom stereocenters. The van der Waals surface area contributed by atoms with Gasteiger partial charge in [0.1, 0.15) is 0 Å². The Balaban J connectivity index is 3.62. The van der Waals surface area contributed by atoms with E-state index < -0.39 is 17.8 Å². The molecule has 0 aromatic heterocycles. The highest BCUT2D eigenvalue weighted by molar-refractivity contribution is 6.32. The van der Waals surface area contributed by atoms with Crippen LogP contribution in [0.2, 0.25) is 0 Å². The second-order valence-corrected chi connectivity index (χ2v) is 2.19. The molecule has 0 spiro atoms. The molecule has 13 heavy (non-hydrogen) atoms. The molecular weight excluding hydrogens is 176 g/mol. The lowest BCUT2D eigenvalue weighted by Crippen LogP contribution is -2.34. The molecule has 0 saturated carbocycles. The summed E-state index contributed by atoms with van der Waals surface area (Å²) in [5, 5.41) is 2.18. The summed E-state index contributed by atoms with van der Waals surface area (Å²) in [7, 11) is 0. The van der Waals surface area contributed by atoms with Crippen LogP contribution in [0.15, 0.2) is 0 Å². The highest BCUT2D eigenvalue weighted by Crippen LogP contribution is 1.79. The predicted octanol–water partition coefficient (Wildman–Crippen LogP) is -1.46. The van der Waals surface area contributed by atoms with Gasteiger partial charge in [-0.1, -0.05) is 0 Å². The number of carbonyl (C=O) groups excluding carboxylic acids is 3. The van der Waals surface area contributed by atoms with Crippen molar-refractivity contribution in [3.8, 4) is 0 Å². The minimum absolute atomic E-state index is 0.00510. The molecule has 0 aliphatic heterocycles. The number of primary amides is 1. The first-order chi connectivity index (χ1) is 6.07. The quantitative estimate of drug-likeness (QED) is 0.416. The maximum absolute atomic E-state index is 10.8. The van der Waals surface area contributed by atoms with Crippen LogP contribution < -0.4 is 11.1 Å². The SMILES string of the molecule is CCOC(=O)C(=O)NCCC(N)=O. The van der Waals surface area contributed by atoms with Gasteiger partial charge < -0.3 is 15.8 Å². The minimum Gasteiger partial charge on any atom is -0.459 e. The number of ether oxygens (including phenoxy) is 1. The molecule has 6 nitrogen and oxygen atoms in total. The van der Waals surface area contributed by atoms with Crippen LogP contribution in [0, 0.1) is 0 Å². The predicted molar refractivity (Wildman–Crippen MR) is 43.5 cm³/mol. The van der Waals surface area contributed by atoms with Gasteiger partial charge in [-0.05, 0) is 6.92 Å². The number of hydrogen-bond acceptors (Lipinski definition) is 4. The van der Waals surface area contributed by atoms with Crippen LogP contribution in [0.5, 0.6) is 0 Å². The Morgan fingerprint density at radius 3 is 2.46 bits per heavy atom. The normalized spacial score (nSPS) is 9.00. The van der Waals surface area contributed by atoms with Crippen LogP contribution >= 0.6 is 0 Å². The van der Waals surface area contributed by atoms with E-state index in [1.807, 2.05) is 0 Å². The fourth-order valence-corrected chi connectivity index (χ4v) is 0.568. The number of rotatable bonds is 4. The number of esters is 1. The number of nitrogens with two attached hydrogens (primary N) is 1. The molecule has 0 rings (SSSR count). The van der Waals surface area contributed by atoms with E-state index in [0.29, 0.717) is 0 Å². The van der Waals surface area contributed by atoms with Crippen LogP contribution in [-0.4, -0.2) is 30.9 Å². The van der Waals surface area contributed by atoms with Crippen molar-refractivity contribution in [1.82, 2.24) is 5.32 Å². The zero-order valence-electron chi connectivity index (χ0n) is 7.33. The van der Waals surface area contributed by atoms with E-state index in [-0.39, 0.29) is 19.6 Å². The van der Waals surface area contributed by atoms with Gasteiger partial charge in [-0.2, -0.15) is 0 Å². The molecule has 0 aliphatic rings. The maximum atomic E-state index is 10.8. The lowest BCUT2D eigenvalue weighted by atomic mass is 10.4. The summed E-state index contributed by atoms with van der Waals surface area (Å²) >= 11 is 0. The Morgan fingerprint density at radius 2 is 2.00 bits per heavy atom. The summed E-state index contributed by atoms with van der Waals surface area (Å²) in [4.78, 5) is 31.7. The summed E-state index contributed by atoms with van der Waals surface area (Å²) in [5.74, 6) is -2.35. The van der Waals surface area contributed by atoms with Crippen molar-refractivity contribution >= 4 is 17.8 Å². The van der Waals surface area contributed by atoms with Gasteiger partial charge in [0, 0.05) is 13.0 Å². The summed E-state index contributed by atoms with van der Waals surface area (Å²) in [6.45, 7) is 1.78. The molecule has 0 radical (unpaired) electrons. The molecule has 2 amide bonds. The highest BCUT2D eigenvalue weighted by atomic mass is 16.5. The monoisotopic (exact) mass is 188 g/mol. The van der Waals surface area contributed by atoms with Crippen LogP contribution in [0.4, 0.5) is 0 Å². The van der Waals surface area contributed by atoms with Crippen molar-refractivity contribution in [2.45, 2.75) is 13.3 Å². The van der Waals surface area contributed by atoms with E-state index in [1.54, 1.807) is 6.92 Å². The topological polar surface area (TPSA) is 98.5 Å². The van der Waals surface area contributed by atoms with E-state index in [1.165, 1.54) is 0 Å². The van der Waals surface area contributed by atoms with Crippen molar-refractivity contribution in [1.29, 1.82) is 0 Å². The molecule has 0 aliphatic carbocycles. The van der Waals surface area contributed by atoms with Crippen molar-refractivity contribution in [3.05, 3.63) is 0 Å².